The van der Waals surface area contributed by atoms with Gasteiger partial charge in [-0.2, -0.15) is 9.29 Å². The van der Waals surface area contributed by atoms with Gasteiger partial charge in [0.15, 0.2) is 5.58 Å². The fourth-order valence-corrected chi connectivity index (χ4v) is 4.84. The first-order valence-corrected chi connectivity index (χ1v) is 11.0. The van der Waals surface area contributed by atoms with Crippen LogP contribution in [0.25, 0.3) is 11.0 Å². The number of para-hydroxylation sites is 1. The summed E-state index contributed by atoms with van der Waals surface area (Å²) in [5, 5.41) is 4.69. The molecule has 0 unspecified atom stereocenters. The van der Waals surface area contributed by atoms with Crippen molar-refractivity contribution in [3.63, 3.8) is 0 Å². The molecule has 9 nitrogen and oxygen atoms in total. The molecule has 0 saturated carbocycles. The summed E-state index contributed by atoms with van der Waals surface area (Å²) in [4.78, 5) is 13.1. The lowest BCUT2D eigenvalue weighted by atomic mass is 10.2. The van der Waals surface area contributed by atoms with E-state index in [9.17, 15) is 8.42 Å². The maximum atomic E-state index is 12.9. The van der Waals surface area contributed by atoms with Crippen molar-refractivity contribution in [3.05, 3.63) is 41.7 Å². The van der Waals surface area contributed by atoms with Crippen molar-refractivity contribution in [2.45, 2.75) is 12.7 Å². The zero-order chi connectivity index (χ0) is 20.6. The van der Waals surface area contributed by atoms with E-state index in [4.69, 9.17) is 4.52 Å². The summed E-state index contributed by atoms with van der Waals surface area (Å²) in [7, 11) is 0.370. The number of nitrogens with zero attached hydrogens (tertiary/aromatic N) is 6. The minimum Gasteiger partial charge on any atom is -0.363 e. The molecule has 2 aromatic heterocycles. The van der Waals surface area contributed by atoms with Crippen LogP contribution < -0.4 is 9.80 Å². The minimum atomic E-state index is -3.50. The van der Waals surface area contributed by atoms with E-state index in [0.29, 0.717) is 43.4 Å². The molecule has 0 atom stereocenters. The molecule has 0 aliphatic carbocycles. The van der Waals surface area contributed by atoms with Crippen LogP contribution in [0.1, 0.15) is 11.4 Å². The molecule has 4 rings (SSSR count). The van der Waals surface area contributed by atoms with E-state index >= 15 is 0 Å². The largest absolute Gasteiger partial charge is 0.363 e. The molecule has 1 aromatic carbocycles. The predicted molar refractivity (Wildman–Crippen MR) is 112 cm³/mol. The Morgan fingerprint density at radius 1 is 1.10 bits per heavy atom. The van der Waals surface area contributed by atoms with E-state index in [1.165, 1.54) is 4.31 Å². The number of anilines is 2. The lowest BCUT2D eigenvalue weighted by molar-refractivity contribution is 0.380. The van der Waals surface area contributed by atoms with Crippen molar-refractivity contribution >= 4 is 32.8 Å². The quantitative estimate of drug-likeness (QED) is 0.619. The summed E-state index contributed by atoms with van der Waals surface area (Å²) in [5.41, 5.74) is 1.92. The van der Waals surface area contributed by atoms with E-state index in [-0.39, 0.29) is 5.75 Å². The average molecular weight is 417 g/mol. The molecule has 29 heavy (non-hydrogen) atoms. The molecular weight excluding hydrogens is 392 g/mol. The number of aryl methyl sites for hydroxylation is 1. The van der Waals surface area contributed by atoms with E-state index in [1.54, 1.807) is 6.07 Å². The number of hydrogen-bond acceptors (Lipinski definition) is 8. The van der Waals surface area contributed by atoms with E-state index < -0.39 is 10.0 Å². The van der Waals surface area contributed by atoms with E-state index in [1.807, 2.05) is 55.1 Å². The number of piperazine rings is 1. The molecule has 1 saturated heterocycles. The summed E-state index contributed by atoms with van der Waals surface area (Å²) >= 11 is 0. The molecule has 0 radical (unpaired) electrons. The Balaban J connectivity index is 1.46. The van der Waals surface area contributed by atoms with Gasteiger partial charge in [-0.15, -0.1) is 0 Å². The fourth-order valence-electron chi connectivity index (χ4n) is 3.38. The molecule has 0 amide bonds. The molecule has 0 bridgehead atoms. The predicted octanol–water partition coefficient (Wildman–Crippen LogP) is 1.64. The van der Waals surface area contributed by atoms with Crippen LogP contribution in [0.3, 0.4) is 0 Å². The third-order valence-electron chi connectivity index (χ3n) is 4.97. The molecule has 3 aromatic rings. The highest BCUT2D eigenvalue weighted by atomic mass is 32.2. The summed E-state index contributed by atoms with van der Waals surface area (Å²) in [6.07, 6.45) is 0. The number of benzene rings is 1. The van der Waals surface area contributed by atoms with E-state index in [0.717, 1.165) is 16.9 Å². The lowest BCUT2D eigenvalue weighted by Crippen LogP contribution is -2.49. The summed E-state index contributed by atoms with van der Waals surface area (Å²) in [6.45, 7) is 3.77. The van der Waals surface area contributed by atoms with Crippen LogP contribution in [-0.4, -0.2) is 68.1 Å². The molecule has 1 aliphatic heterocycles. The van der Waals surface area contributed by atoms with Crippen LogP contribution in [-0.2, 0) is 15.8 Å². The van der Waals surface area contributed by atoms with Gasteiger partial charge in [-0.3, -0.25) is 0 Å². The van der Waals surface area contributed by atoms with Crippen molar-refractivity contribution in [1.82, 2.24) is 19.4 Å². The second-order valence-corrected chi connectivity index (χ2v) is 9.30. The molecule has 154 valence electrons. The third-order valence-corrected chi connectivity index (χ3v) is 6.76. The van der Waals surface area contributed by atoms with Crippen LogP contribution in [0.4, 0.5) is 11.8 Å². The fraction of sp³-hybridized carbons (Fsp3) is 0.421. The number of hydrogen-bond donors (Lipinski definition) is 0. The molecule has 1 aliphatic rings. The van der Waals surface area contributed by atoms with Crippen LogP contribution in [0, 0.1) is 6.92 Å². The second-order valence-electron chi connectivity index (χ2n) is 7.33. The summed E-state index contributed by atoms with van der Waals surface area (Å²) in [6, 6.07) is 9.21. The molecule has 10 heteroatoms. The normalized spacial score (nSPS) is 15.8. The van der Waals surface area contributed by atoms with Gasteiger partial charge in [-0.1, -0.05) is 17.3 Å². The molecule has 0 N–H and O–H groups in total. The van der Waals surface area contributed by atoms with Crippen LogP contribution >= 0.6 is 0 Å². The topological polar surface area (TPSA) is 95.7 Å². The Morgan fingerprint density at radius 3 is 2.55 bits per heavy atom. The number of sulfonamides is 1. The minimum absolute atomic E-state index is 0.171. The maximum Gasteiger partial charge on any atom is 0.227 e. The zero-order valence-electron chi connectivity index (χ0n) is 16.7. The molecular formula is C19H24N6O3S. The second kappa shape index (κ2) is 7.60. The van der Waals surface area contributed by atoms with E-state index in [2.05, 4.69) is 15.1 Å². The van der Waals surface area contributed by atoms with Gasteiger partial charge in [0, 0.05) is 57.4 Å². The Kier molecular flexibility index (Phi) is 5.13. The Bertz CT molecular complexity index is 1120. The smallest absolute Gasteiger partial charge is 0.227 e. The SMILES string of the molecule is Cc1cc(N(C)C)nc(N2CCN(S(=O)(=O)Cc3noc4ccccc34)CC2)n1. The van der Waals surface area contributed by atoms with Crippen LogP contribution in [0.2, 0.25) is 0 Å². The van der Waals surface area contributed by atoms with Gasteiger partial charge < -0.3 is 14.3 Å². The highest BCUT2D eigenvalue weighted by Gasteiger charge is 2.29. The molecule has 0 spiro atoms. The van der Waals surface area contributed by atoms with Crippen molar-refractivity contribution < 1.29 is 12.9 Å². The zero-order valence-corrected chi connectivity index (χ0v) is 17.6. The maximum absolute atomic E-state index is 12.9. The molecule has 1 fully saturated rings. The van der Waals surface area contributed by atoms with Gasteiger partial charge in [0.05, 0.1) is 0 Å². The van der Waals surface area contributed by atoms with Gasteiger partial charge in [0.25, 0.3) is 0 Å². The Hall–Kier alpha value is -2.72. The Morgan fingerprint density at radius 2 is 1.83 bits per heavy atom. The monoisotopic (exact) mass is 416 g/mol. The third kappa shape index (κ3) is 4.03. The Labute approximate surface area is 170 Å². The summed E-state index contributed by atoms with van der Waals surface area (Å²) in [5.74, 6) is 1.30. The van der Waals surface area contributed by atoms with Crippen LogP contribution in [0.5, 0.6) is 0 Å². The number of rotatable bonds is 5. The number of fused-ring (bicyclic) bond motifs is 1. The average Bonchev–Trinajstić information content (AvgIpc) is 3.10. The molecule has 3 heterocycles. The van der Waals surface area contributed by atoms with Gasteiger partial charge in [0.1, 0.15) is 17.3 Å². The van der Waals surface area contributed by atoms with Crippen molar-refractivity contribution in [2.75, 3.05) is 50.1 Å². The highest BCUT2D eigenvalue weighted by Crippen LogP contribution is 2.23. The standard InChI is InChI=1S/C19H24N6O3S/c1-14-12-18(23(2)3)21-19(20-14)24-8-10-25(11-9-24)29(26,27)13-16-15-6-4-5-7-17(15)28-22-16/h4-7,12H,8-11,13H2,1-3H3. The van der Waals surface area contributed by atoms with Gasteiger partial charge in [0.2, 0.25) is 16.0 Å². The number of aromatic nitrogens is 3. The highest BCUT2D eigenvalue weighted by molar-refractivity contribution is 7.88. The first kappa shape index (κ1) is 19.6. The summed E-state index contributed by atoms with van der Waals surface area (Å²) < 4.78 is 32.6. The van der Waals surface area contributed by atoms with Gasteiger partial charge in [-0.05, 0) is 19.1 Å². The van der Waals surface area contributed by atoms with Crippen molar-refractivity contribution in [3.8, 4) is 0 Å². The van der Waals surface area contributed by atoms with Gasteiger partial charge >= 0.3 is 0 Å². The van der Waals surface area contributed by atoms with Crippen molar-refractivity contribution in [1.29, 1.82) is 0 Å². The lowest BCUT2D eigenvalue weighted by Gasteiger charge is -2.34. The van der Waals surface area contributed by atoms with Gasteiger partial charge in [-0.25, -0.2) is 13.4 Å². The van der Waals surface area contributed by atoms with Crippen molar-refractivity contribution in [2.24, 2.45) is 0 Å². The first-order valence-electron chi connectivity index (χ1n) is 9.42. The van der Waals surface area contributed by atoms with Crippen LogP contribution in [0.15, 0.2) is 34.9 Å². The first-order chi connectivity index (χ1) is 13.8.